The van der Waals surface area contributed by atoms with E-state index in [0.717, 1.165) is 13.1 Å². The van der Waals surface area contributed by atoms with Gasteiger partial charge >= 0.3 is 10.2 Å². The first-order valence-corrected chi connectivity index (χ1v) is 12.6. The lowest BCUT2D eigenvalue weighted by atomic mass is 9.91. The average Bonchev–Trinajstić information content (AvgIpc) is 2.76. The van der Waals surface area contributed by atoms with Crippen molar-refractivity contribution in [1.29, 1.82) is 0 Å². The summed E-state index contributed by atoms with van der Waals surface area (Å²) in [5, 5.41) is 0.453. The third-order valence-electron chi connectivity index (χ3n) is 6.20. The summed E-state index contributed by atoms with van der Waals surface area (Å²) >= 11 is 6.17. The second-order valence-corrected chi connectivity index (χ2v) is 10.5. The molecule has 2 N–H and O–H groups in total. The number of anilines is 1. The summed E-state index contributed by atoms with van der Waals surface area (Å²) in [4.78, 5) is 18.5. The molecule has 2 fully saturated rings. The number of rotatable bonds is 8. The number of benzene rings is 1. The first-order valence-electron chi connectivity index (χ1n) is 10.8. The Labute approximate surface area is 194 Å². The Bertz CT molecular complexity index is 1050. The van der Waals surface area contributed by atoms with Crippen LogP contribution in [0.5, 0.6) is 0 Å². The number of hydrogen-bond donors (Lipinski definition) is 1. The number of ketones is 1. The van der Waals surface area contributed by atoms with Crippen molar-refractivity contribution in [2.24, 2.45) is 5.73 Å². The van der Waals surface area contributed by atoms with E-state index in [1.807, 2.05) is 0 Å². The molecule has 0 unspecified atom stereocenters. The minimum Gasteiger partial charge on any atom is -0.324 e. The number of nitrogens with two attached hydrogens (primary N) is 1. The number of pyridine rings is 1. The molecule has 0 bridgehead atoms. The first kappa shape index (κ1) is 23.1. The van der Waals surface area contributed by atoms with Crippen LogP contribution in [0.25, 0.3) is 0 Å². The summed E-state index contributed by atoms with van der Waals surface area (Å²) in [6.07, 6.45) is 5.10. The molecule has 1 saturated carbocycles. The van der Waals surface area contributed by atoms with Gasteiger partial charge in [-0.2, -0.15) is 12.7 Å². The Morgan fingerprint density at radius 3 is 2.47 bits per heavy atom. The first-order chi connectivity index (χ1) is 15.4. The van der Waals surface area contributed by atoms with Crippen molar-refractivity contribution < 1.29 is 13.2 Å². The van der Waals surface area contributed by atoms with E-state index in [1.54, 1.807) is 36.4 Å². The van der Waals surface area contributed by atoms with Crippen molar-refractivity contribution in [3.05, 3.63) is 58.9 Å². The Hall–Kier alpha value is -2.04. The van der Waals surface area contributed by atoms with Crippen LogP contribution in [-0.4, -0.2) is 67.2 Å². The molecule has 32 heavy (non-hydrogen) atoms. The van der Waals surface area contributed by atoms with E-state index >= 15 is 0 Å². The highest BCUT2D eigenvalue weighted by molar-refractivity contribution is 7.90. The monoisotopic (exact) mass is 477 g/mol. The minimum absolute atomic E-state index is 0.0304. The quantitative estimate of drug-likeness (QED) is 0.585. The highest BCUT2D eigenvalue weighted by Gasteiger charge is 2.35. The van der Waals surface area contributed by atoms with Crippen LogP contribution in [0.1, 0.15) is 35.3 Å². The van der Waals surface area contributed by atoms with Crippen molar-refractivity contribution in [1.82, 2.24) is 14.2 Å². The summed E-state index contributed by atoms with van der Waals surface area (Å²) in [6, 6.07) is 10.7. The zero-order valence-corrected chi connectivity index (χ0v) is 19.4. The van der Waals surface area contributed by atoms with Crippen LogP contribution < -0.4 is 10.0 Å². The van der Waals surface area contributed by atoms with Crippen LogP contribution in [0.3, 0.4) is 0 Å². The smallest absolute Gasteiger partial charge is 0.304 e. The van der Waals surface area contributed by atoms with E-state index in [1.165, 1.54) is 34.1 Å². The molecule has 2 heterocycles. The van der Waals surface area contributed by atoms with E-state index < -0.39 is 10.2 Å². The number of carbonyl (C=O) groups is 1. The molecule has 172 valence electrons. The van der Waals surface area contributed by atoms with Crippen molar-refractivity contribution in [3.63, 3.8) is 0 Å². The van der Waals surface area contributed by atoms with Gasteiger partial charge in [0.1, 0.15) is 0 Å². The fourth-order valence-corrected chi connectivity index (χ4v) is 5.84. The SMILES string of the molecule is NCC(=O)c1ccc(CN(c2cccc(Cl)c2)S(=O)(=O)N2CCN(C3CCC3)CC2)nc1. The number of Topliss-reactive ketones (excluding diaryl/α,β-unsaturated/α-hetero) is 1. The summed E-state index contributed by atoms with van der Waals surface area (Å²) in [5.41, 5.74) is 6.81. The summed E-state index contributed by atoms with van der Waals surface area (Å²) in [7, 11) is -3.81. The van der Waals surface area contributed by atoms with E-state index in [9.17, 15) is 13.2 Å². The van der Waals surface area contributed by atoms with Gasteiger partial charge in [-0.25, -0.2) is 0 Å². The molecule has 0 amide bonds. The summed E-state index contributed by atoms with van der Waals surface area (Å²) in [6.45, 7) is 2.31. The summed E-state index contributed by atoms with van der Waals surface area (Å²) < 4.78 is 30.2. The highest BCUT2D eigenvalue weighted by atomic mass is 35.5. The Balaban J connectivity index is 1.57. The van der Waals surface area contributed by atoms with Gasteiger partial charge in [0.2, 0.25) is 0 Å². The molecule has 10 heteroatoms. The van der Waals surface area contributed by atoms with E-state index in [2.05, 4.69) is 9.88 Å². The van der Waals surface area contributed by atoms with Gasteiger partial charge in [-0.15, -0.1) is 0 Å². The summed E-state index contributed by atoms with van der Waals surface area (Å²) in [5.74, 6) is -0.215. The maximum absolute atomic E-state index is 13.7. The number of aromatic nitrogens is 1. The number of piperazine rings is 1. The molecule has 1 saturated heterocycles. The molecule has 1 aromatic carbocycles. The van der Waals surface area contributed by atoms with E-state index in [-0.39, 0.29) is 18.9 Å². The van der Waals surface area contributed by atoms with Crippen molar-refractivity contribution in [3.8, 4) is 0 Å². The molecule has 1 aromatic heterocycles. The second kappa shape index (κ2) is 9.84. The number of hydrogen-bond acceptors (Lipinski definition) is 6. The van der Waals surface area contributed by atoms with Crippen LogP contribution in [0.4, 0.5) is 5.69 Å². The zero-order chi connectivity index (χ0) is 22.7. The van der Waals surface area contributed by atoms with Gasteiger partial charge in [0, 0.05) is 49.0 Å². The fraction of sp³-hybridized carbons (Fsp3) is 0.455. The molecular formula is C22H28ClN5O3S. The van der Waals surface area contributed by atoms with Gasteiger partial charge in [-0.05, 0) is 43.2 Å². The van der Waals surface area contributed by atoms with Gasteiger partial charge in [-0.1, -0.05) is 24.1 Å². The van der Waals surface area contributed by atoms with Gasteiger partial charge in [0.15, 0.2) is 5.78 Å². The molecule has 1 aliphatic carbocycles. The maximum Gasteiger partial charge on any atom is 0.304 e. The third-order valence-corrected chi connectivity index (χ3v) is 8.35. The molecule has 4 rings (SSSR count). The lowest BCUT2D eigenvalue weighted by Gasteiger charge is -2.43. The predicted molar refractivity (Wildman–Crippen MR) is 125 cm³/mol. The van der Waals surface area contributed by atoms with Crippen LogP contribution in [0.15, 0.2) is 42.6 Å². The molecule has 2 aromatic rings. The van der Waals surface area contributed by atoms with Gasteiger partial charge < -0.3 is 5.73 Å². The van der Waals surface area contributed by atoms with Crippen LogP contribution in [0.2, 0.25) is 5.02 Å². The minimum atomic E-state index is -3.81. The molecule has 0 spiro atoms. The Kier molecular flexibility index (Phi) is 7.11. The van der Waals surface area contributed by atoms with Crippen molar-refractivity contribution in [2.75, 3.05) is 37.0 Å². The largest absolute Gasteiger partial charge is 0.324 e. The lowest BCUT2D eigenvalue weighted by molar-refractivity contribution is 0.0888. The second-order valence-electron chi connectivity index (χ2n) is 8.18. The molecule has 0 atom stereocenters. The Morgan fingerprint density at radius 1 is 1.16 bits per heavy atom. The van der Waals surface area contributed by atoms with Crippen LogP contribution >= 0.6 is 11.6 Å². The number of nitrogens with zero attached hydrogens (tertiary/aromatic N) is 4. The molecular weight excluding hydrogens is 450 g/mol. The molecule has 2 aliphatic rings. The van der Waals surface area contributed by atoms with Gasteiger partial charge in [0.25, 0.3) is 0 Å². The maximum atomic E-state index is 13.7. The third kappa shape index (κ3) is 4.97. The number of carbonyl (C=O) groups excluding carboxylic acids is 1. The lowest BCUT2D eigenvalue weighted by Crippen LogP contribution is -2.56. The number of halogens is 1. The Morgan fingerprint density at radius 2 is 1.91 bits per heavy atom. The van der Waals surface area contributed by atoms with Gasteiger partial charge in [-0.3, -0.25) is 19.0 Å². The van der Waals surface area contributed by atoms with Crippen LogP contribution in [0, 0.1) is 0 Å². The molecule has 1 aliphatic heterocycles. The van der Waals surface area contributed by atoms with E-state index in [4.69, 9.17) is 17.3 Å². The van der Waals surface area contributed by atoms with Gasteiger partial charge in [0.05, 0.1) is 24.5 Å². The molecule has 0 radical (unpaired) electrons. The zero-order valence-electron chi connectivity index (χ0n) is 17.9. The van der Waals surface area contributed by atoms with Crippen molar-refractivity contribution >= 4 is 33.3 Å². The topological polar surface area (TPSA) is 99.8 Å². The highest BCUT2D eigenvalue weighted by Crippen LogP contribution is 2.29. The van der Waals surface area contributed by atoms with Crippen molar-refractivity contribution in [2.45, 2.75) is 31.8 Å². The van der Waals surface area contributed by atoms with Crippen LogP contribution in [-0.2, 0) is 16.8 Å². The van der Waals surface area contributed by atoms with E-state index in [0.29, 0.717) is 41.1 Å². The fourth-order valence-electron chi connectivity index (χ4n) is 4.08. The normalized spacial score (nSPS) is 18.3. The molecule has 8 nitrogen and oxygen atoms in total. The standard InChI is InChI=1S/C22H28ClN5O3S/c23-18-3-1-6-21(13-18)28(16-19-8-7-17(15-25-19)22(29)14-24)32(30,31)27-11-9-26(10-12-27)20-4-2-5-20/h1,3,6-8,13,15,20H,2,4-5,9-12,14,16,24H2. The average molecular weight is 478 g/mol. The predicted octanol–water partition coefficient (Wildman–Crippen LogP) is 2.30.